The highest BCUT2D eigenvalue weighted by molar-refractivity contribution is 5.33. The number of hydrogen-bond acceptors (Lipinski definition) is 2. The Labute approximate surface area is 127 Å². The summed E-state index contributed by atoms with van der Waals surface area (Å²) in [5, 5.41) is 4.44. The fourth-order valence-electron chi connectivity index (χ4n) is 3.42. The highest BCUT2D eigenvalue weighted by Crippen LogP contribution is 2.30. The van der Waals surface area contributed by atoms with Crippen LogP contribution >= 0.6 is 0 Å². The average molecular weight is 283 g/mol. The summed E-state index contributed by atoms with van der Waals surface area (Å²) in [5.41, 5.74) is 8.64. The Morgan fingerprint density at radius 2 is 1.86 bits per heavy atom. The molecule has 21 heavy (non-hydrogen) atoms. The number of benzene rings is 1. The van der Waals surface area contributed by atoms with E-state index in [-0.39, 0.29) is 6.04 Å². The number of nitrogens with zero attached hydrogens (tertiary/aromatic N) is 2. The van der Waals surface area contributed by atoms with Crippen LogP contribution in [0.25, 0.3) is 5.69 Å². The van der Waals surface area contributed by atoms with Gasteiger partial charge in [-0.3, -0.25) is 0 Å². The van der Waals surface area contributed by atoms with Crippen LogP contribution < -0.4 is 5.73 Å². The molecule has 0 spiro atoms. The Morgan fingerprint density at radius 1 is 1.10 bits per heavy atom. The maximum absolute atomic E-state index is 6.43. The second kappa shape index (κ2) is 6.90. The summed E-state index contributed by atoms with van der Waals surface area (Å²) in [6.45, 7) is 0. The van der Waals surface area contributed by atoms with Gasteiger partial charge in [-0.1, -0.05) is 50.3 Å². The van der Waals surface area contributed by atoms with Crippen molar-refractivity contribution in [2.45, 2.75) is 51.0 Å². The topological polar surface area (TPSA) is 43.8 Å². The molecule has 0 radical (unpaired) electrons. The van der Waals surface area contributed by atoms with Crippen molar-refractivity contribution >= 4 is 0 Å². The monoisotopic (exact) mass is 283 g/mol. The van der Waals surface area contributed by atoms with E-state index < -0.39 is 0 Å². The van der Waals surface area contributed by atoms with Gasteiger partial charge in [0.1, 0.15) is 0 Å². The molecule has 1 fully saturated rings. The van der Waals surface area contributed by atoms with Crippen LogP contribution in [-0.4, -0.2) is 9.78 Å². The van der Waals surface area contributed by atoms with Gasteiger partial charge in [-0.25, -0.2) is 4.68 Å². The minimum atomic E-state index is 0.0784. The molecule has 0 bridgehead atoms. The lowest BCUT2D eigenvalue weighted by atomic mass is 9.85. The number of para-hydroxylation sites is 1. The molecule has 1 heterocycles. The highest BCUT2D eigenvalue weighted by atomic mass is 15.3. The van der Waals surface area contributed by atoms with Crippen molar-refractivity contribution in [3.63, 3.8) is 0 Å². The summed E-state index contributed by atoms with van der Waals surface area (Å²) in [4.78, 5) is 0. The fraction of sp³-hybridized carbons (Fsp3) is 0.500. The smallest absolute Gasteiger partial charge is 0.0649 e. The molecule has 1 aliphatic carbocycles. The first kappa shape index (κ1) is 14.3. The minimum Gasteiger partial charge on any atom is -0.323 e. The molecule has 2 aromatic rings. The van der Waals surface area contributed by atoms with E-state index in [4.69, 9.17) is 5.73 Å². The second-order valence-corrected chi connectivity index (χ2v) is 6.19. The Bertz CT molecular complexity index is 541. The summed E-state index contributed by atoms with van der Waals surface area (Å²) < 4.78 is 1.98. The van der Waals surface area contributed by atoms with E-state index in [0.29, 0.717) is 0 Å². The van der Waals surface area contributed by atoms with Crippen LogP contribution in [0.15, 0.2) is 42.6 Å². The van der Waals surface area contributed by atoms with Crippen LogP contribution in [0.3, 0.4) is 0 Å². The summed E-state index contributed by atoms with van der Waals surface area (Å²) >= 11 is 0. The number of hydrogen-bond donors (Lipinski definition) is 1. The lowest BCUT2D eigenvalue weighted by molar-refractivity contribution is 0.322. The van der Waals surface area contributed by atoms with Gasteiger partial charge >= 0.3 is 0 Å². The minimum absolute atomic E-state index is 0.0784. The van der Waals surface area contributed by atoms with Crippen molar-refractivity contribution in [1.29, 1.82) is 0 Å². The maximum Gasteiger partial charge on any atom is 0.0649 e. The predicted molar refractivity (Wildman–Crippen MR) is 86.3 cm³/mol. The number of rotatable bonds is 5. The lowest BCUT2D eigenvalue weighted by Gasteiger charge is -2.23. The molecule has 112 valence electrons. The van der Waals surface area contributed by atoms with Crippen molar-refractivity contribution < 1.29 is 0 Å². The molecule has 0 saturated heterocycles. The zero-order valence-corrected chi connectivity index (χ0v) is 12.6. The third-order valence-electron chi connectivity index (χ3n) is 4.66. The molecule has 3 rings (SSSR count). The zero-order chi connectivity index (χ0) is 14.5. The van der Waals surface area contributed by atoms with Crippen molar-refractivity contribution in [2.24, 2.45) is 11.7 Å². The van der Waals surface area contributed by atoms with Gasteiger partial charge in [-0.2, -0.15) is 5.10 Å². The molecule has 1 unspecified atom stereocenters. The normalized spacial score (nSPS) is 17.8. The Hall–Kier alpha value is -1.61. The SMILES string of the molecule is NC(CCC1CCCCC1)c1ccnn1-c1ccccc1. The first-order valence-electron chi connectivity index (χ1n) is 8.19. The van der Waals surface area contributed by atoms with E-state index in [1.165, 1.54) is 38.5 Å². The molecule has 1 aromatic heterocycles. The van der Waals surface area contributed by atoms with Crippen LogP contribution in [0, 0.1) is 5.92 Å². The van der Waals surface area contributed by atoms with Gasteiger partial charge in [0.25, 0.3) is 0 Å². The van der Waals surface area contributed by atoms with Gasteiger partial charge < -0.3 is 5.73 Å². The van der Waals surface area contributed by atoms with Gasteiger partial charge in [-0.05, 0) is 37.0 Å². The first-order valence-corrected chi connectivity index (χ1v) is 8.19. The van der Waals surface area contributed by atoms with Crippen LogP contribution in [-0.2, 0) is 0 Å². The largest absolute Gasteiger partial charge is 0.323 e. The number of nitrogens with two attached hydrogens (primary N) is 1. The van der Waals surface area contributed by atoms with Crippen molar-refractivity contribution in [3.8, 4) is 5.69 Å². The molecule has 3 heteroatoms. The Morgan fingerprint density at radius 3 is 2.62 bits per heavy atom. The van der Waals surface area contributed by atoms with Gasteiger partial charge in [0.05, 0.1) is 11.4 Å². The van der Waals surface area contributed by atoms with Crippen molar-refractivity contribution in [2.75, 3.05) is 0 Å². The lowest BCUT2D eigenvalue weighted by Crippen LogP contribution is -2.17. The highest BCUT2D eigenvalue weighted by Gasteiger charge is 2.17. The van der Waals surface area contributed by atoms with E-state index in [2.05, 4.69) is 23.3 Å². The van der Waals surface area contributed by atoms with Gasteiger partial charge in [0, 0.05) is 12.2 Å². The third kappa shape index (κ3) is 3.53. The molecular weight excluding hydrogens is 258 g/mol. The summed E-state index contributed by atoms with van der Waals surface area (Å²) in [6, 6.07) is 12.4. The number of aromatic nitrogens is 2. The van der Waals surface area contributed by atoms with Crippen molar-refractivity contribution in [3.05, 3.63) is 48.3 Å². The zero-order valence-electron chi connectivity index (χ0n) is 12.6. The molecule has 1 aromatic carbocycles. The molecule has 0 aliphatic heterocycles. The predicted octanol–water partition coefficient (Wildman–Crippen LogP) is 4.23. The molecule has 2 N–H and O–H groups in total. The molecule has 1 atom stereocenters. The molecule has 1 saturated carbocycles. The van der Waals surface area contributed by atoms with Crippen LogP contribution in [0.2, 0.25) is 0 Å². The van der Waals surface area contributed by atoms with Crippen molar-refractivity contribution in [1.82, 2.24) is 9.78 Å². The van der Waals surface area contributed by atoms with Gasteiger partial charge in [0.2, 0.25) is 0 Å². The van der Waals surface area contributed by atoms with E-state index >= 15 is 0 Å². The van der Waals surface area contributed by atoms with Crippen LogP contribution in [0.1, 0.15) is 56.7 Å². The average Bonchev–Trinajstić information content (AvgIpc) is 3.04. The molecule has 3 nitrogen and oxygen atoms in total. The van der Waals surface area contributed by atoms with Gasteiger partial charge in [0.15, 0.2) is 0 Å². The van der Waals surface area contributed by atoms with Crippen LogP contribution in [0.4, 0.5) is 0 Å². The quantitative estimate of drug-likeness (QED) is 0.892. The molecular formula is C18H25N3. The van der Waals surface area contributed by atoms with Gasteiger partial charge in [-0.15, -0.1) is 0 Å². The second-order valence-electron chi connectivity index (χ2n) is 6.19. The summed E-state index contributed by atoms with van der Waals surface area (Å²) in [7, 11) is 0. The summed E-state index contributed by atoms with van der Waals surface area (Å²) in [5.74, 6) is 0.887. The van der Waals surface area contributed by atoms with E-state index in [9.17, 15) is 0 Å². The van der Waals surface area contributed by atoms with Crippen LogP contribution in [0.5, 0.6) is 0 Å². The van der Waals surface area contributed by atoms with E-state index in [1.807, 2.05) is 29.1 Å². The molecule has 1 aliphatic rings. The third-order valence-corrected chi connectivity index (χ3v) is 4.66. The summed E-state index contributed by atoms with van der Waals surface area (Å²) in [6.07, 6.45) is 11.2. The Balaban J connectivity index is 1.65. The Kier molecular flexibility index (Phi) is 4.71. The van der Waals surface area contributed by atoms with E-state index in [1.54, 1.807) is 0 Å². The fourth-order valence-corrected chi connectivity index (χ4v) is 3.42. The standard InChI is InChI=1S/C18H25N3/c19-17(12-11-15-7-3-1-4-8-15)18-13-14-20-21(18)16-9-5-2-6-10-16/h2,5-6,9-10,13-15,17H,1,3-4,7-8,11-12,19H2. The maximum atomic E-state index is 6.43. The first-order chi connectivity index (χ1) is 10.3. The van der Waals surface area contributed by atoms with E-state index in [0.717, 1.165) is 23.7 Å². The molecule has 0 amide bonds.